The molecule has 0 N–H and O–H groups in total. The molecule has 1 aliphatic heterocycles. The molecular weight excluding hydrogens is 358 g/mol. The standard InChI is InChI=1S/C22H29NO3S/c1-16-20(24-14-17-10-6-4-7-11-17)19(23(2)3)21(22(27)26-16)25-15-18-12-8-5-9-13-18/h4-13,16,19-22,27H,14-15H2,1-3H3/t16-,19+,20-,21-,22+/m1/s1. The van der Waals surface area contributed by atoms with E-state index in [0.29, 0.717) is 13.2 Å². The molecule has 146 valence electrons. The summed E-state index contributed by atoms with van der Waals surface area (Å²) >= 11 is 4.67. The molecule has 5 atom stereocenters. The topological polar surface area (TPSA) is 30.9 Å². The van der Waals surface area contributed by atoms with Gasteiger partial charge in [-0.3, -0.25) is 0 Å². The maximum Gasteiger partial charge on any atom is 0.128 e. The third-order valence-corrected chi connectivity index (χ3v) is 5.35. The smallest absolute Gasteiger partial charge is 0.128 e. The number of rotatable bonds is 7. The second-order valence-electron chi connectivity index (χ2n) is 7.21. The Morgan fingerprint density at radius 1 is 0.852 bits per heavy atom. The van der Waals surface area contributed by atoms with E-state index in [-0.39, 0.29) is 29.8 Å². The molecule has 1 aliphatic rings. The molecule has 4 nitrogen and oxygen atoms in total. The maximum atomic E-state index is 6.31. The van der Waals surface area contributed by atoms with Crippen molar-refractivity contribution in [1.29, 1.82) is 0 Å². The van der Waals surface area contributed by atoms with Crippen LogP contribution in [0.5, 0.6) is 0 Å². The molecule has 1 heterocycles. The first-order valence-corrected chi connectivity index (χ1v) is 9.89. The highest BCUT2D eigenvalue weighted by Gasteiger charge is 2.45. The van der Waals surface area contributed by atoms with Crippen LogP contribution in [0.25, 0.3) is 0 Å². The van der Waals surface area contributed by atoms with Crippen LogP contribution in [0.4, 0.5) is 0 Å². The summed E-state index contributed by atoms with van der Waals surface area (Å²) in [7, 11) is 4.11. The minimum Gasteiger partial charge on any atom is -0.369 e. The molecule has 27 heavy (non-hydrogen) atoms. The molecule has 2 aromatic carbocycles. The van der Waals surface area contributed by atoms with Crippen LogP contribution in [-0.4, -0.2) is 48.8 Å². The van der Waals surface area contributed by atoms with Crippen LogP contribution < -0.4 is 0 Å². The van der Waals surface area contributed by atoms with Gasteiger partial charge < -0.3 is 19.1 Å². The summed E-state index contributed by atoms with van der Waals surface area (Å²) in [5.74, 6) is 0. The first-order chi connectivity index (χ1) is 13.1. The van der Waals surface area contributed by atoms with Gasteiger partial charge in [-0.2, -0.15) is 0 Å². The van der Waals surface area contributed by atoms with E-state index in [2.05, 4.69) is 55.9 Å². The summed E-state index contributed by atoms with van der Waals surface area (Å²) in [4.78, 5) is 2.16. The van der Waals surface area contributed by atoms with Gasteiger partial charge in [-0.15, -0.1) is 12.6 Å². The Kier molecular flexibility index (Phi) is 7.33. The average Bonchev–Trinajstić information content (AvgIpc) is 2.67. The minimum absolute atomic E-state index is 0.0451. The number of likely N-dealkylation sites (N-methyl/N-ethyl adjacent to an activating group) is 1. The zero-order valence-electron chi connectivity index (χ0n) is 16.2. The number of benzene rings is 2. The predicted octanol–water partition coefficient (Wildman–Crippen LogP) is 3.76. The van der Waals surface area contributed by atoms with E-state index in [0.717, 1.165) is 11.1 Å². The largest absolute Gasteiger partial charge is 0.369 e. The highest BCUT2D eigenvalue weighted by molar-refractivity contribution is 7.80. The van der Waals surface area contributed by atoms with Gasteiger partial charge in [0.1, 0.15) is 17.6 Å². The molecule has 3 rings (SSSR count). The Balaban J connectivity index is 1.71. The predicted molar refractivity (Wildman–Crippen MR) is 111 cm³/mol. The van der Waals surface area contributed by atoms with Crippen molar-refractivity contribution in [2.75, 3.05) is 14.1 Å². The summed E-state index contributed by atoms with van der Waals surface area (Å²) in [6, 6.07) is 20.4. The van der Waals surface area contributed by atoms with Crippen molar-refractivity contribution < 1.29 is 14.2 Å². The normalized spacial score (nSPS) is 28.4. The number of ether oxygens (including phenoxy) is 3. The minimum atomic E-state index is -0.298. The summed E-state index contributed by atoms with van der Waals surface area (Å²) in [6.45, 7) is 3.12. The fourth-order valence-corrected chi connectivity index (χ4v) is 4.00. The molecule has 1 fully saturated rings. The Labute approximate surface area is 167 Å². The number of nitrogens with zero attached hydrogens (tertiary/aromatic N) is 1. The molecule has 0 unspecified atom stereocenters. The van der Waals surface area contributed by atoms with Gasteiger partial charge >= 0.3 is 0 Å². The van der Waals surface area contributed by atoms with Crippen molar-refractivity contribution in [3.05, 3.63) is 71.8 Å². The van der Waals surface area contributed by atoms with E-state index >= 15 is 0 Å². The van der Waals surface area contributed by atoms with Gasteiger partial charge in [-0.05, 0) is 32.1 Å². The van der Waals surface area contributed by atoms with Gasteiger partial charge in [0, 0.05) is 0 Å². The van der Waals surface area contributed by atoms with E-state index in [1.807, 2.05) is 43.3 Å². The lowest BCUT2D eigenvalue weighted by Gasteiger charge is -2.47. The zero-order chi connectivity index (χ0) is 19.2. The first-order valence-electron chi connectivity index (χ1n) is 9.37. The number of thiol groups is 1. The summed E-state index contributed by atoms with van der Waals surface area (Å²) in [5.41, 5.74) is 1.99. The molecule has 5 heteroatoms. The van der Waals surface area contributed by atoms with Crippen molar-refractivity contribution in [3.8, 4) is 0 Å². The van der Waals surface area contributed by atoms with Gasteiger partial charge in [-0.1, -0.05) is 60.7 Å². The third kappa shape index (κ3) is 5.33. The van der Waals surface area contributed by atoms with Crippen LogP contribution in [0.1, 0.15) is 18.1 Å². The molecule has 0 radical (unpaired) electrons. The van der Waals surface area contributed by atoms with Crippen LogP contribution in [0.15, 0.2) is 60.7 Å². The van der Waals surface area contributed by atoms with E-state index in [9.17, 15) is 0 Å². The van der Waals surface area contributed by atoms with Gasteiger partial charge in [0.15, 0.2) is 0 Å². The molecule has 0 aromatic heterocycles. The fraction of sp³-hybridized carbons (Fsp3) is 0.455. The van der Waals surface area contributed by atoms with Gasteiger partial charge in [0.2, 0.25) is 0 Å². The molecule has 0 spiro atoms. The van der Waals surface area contributed by atoms with Crippen molar-refractivity contribution >= 4 is 12.6 Å². The van der Waals surface area contributed by atoms with E-state index in [4.69, 9.17) is 14.2 Å². The molecule has 0 aliphatic carbocycles. The Morgan fingerprint density at radius 3 is 1.81 bits per heavy atom. The lowest BCUT2D eigenvalue weighted by Crippen LogP contribution is -2.62. The van der Waals surface area contributed by atoms with E-state index in [1.54, 1.807) is 0 Å². The van der Waals surface area contributed by atoms with Crippen molar-refractivity contribution in [3.63, 3.8) is 0 Å². The van der Waals surface area contributed by atoms with Gasteiger partial charge in [0.05, 0.1) is 25.4 Å². The quantitative estimate of drug-likeness (QED) is 0.733. The van der Waals surface area contributed by atoms with Crippen LogP contribution >= 0.6 is 12.6 Å². The lowest BCUT2D eigenvalue weighted by atomic mass is 9.96. The SMILES string of the molecule is C[C@H]1O[C@@H](S)[C@H](OCc2ccccc2)[C@@H](N(C)C)[C@@H]1OCc1ccccc1. The zero-order valence-corrected chi connectivity index (χ0v) is 17.1. The molecule has 0 amide bonds. The lowest BCUT2D eigenvalue weighted by molar-refractivity contribution is -0.204. The van der Waals surface area contributed by atoms with E-state index < -0.39 is 0 Å². The Morgan fingerprint density at radius 2 is 1.33 bits per heavy atom. The first kappa shape index (κ1) is 20.4. The van der Waals surface area contributed by atoms with Crippen LogP contribution in [-0.2, 0) is 27.4 Å². The highest BCUT2D eigenvalue weighted by Crippen LogP contribution is 2.31. The molecule has 1 saturated heterocycles. The summed E-state index contributed by atoms with van der Waals surface area (Å²) < 4.78 is 18.6. The van der Waals surface area contributed by atoms with Crippen molar-refractivity contribution in [1.82, 2.24) is 4.90 Å². The summed E-state index contributed by atoms with van der Waals surface area (Å²) in [6.07, 6.45) is -0.370. The van der Waals surface area contributed by atoms with Crippen LogP contribution in [0, 0.1) is 0 Å². The van der Waals surface area contributed by atoms with E-state index in [1.165, 1.54) is 0 Å². The second kappa shape index (κ2) is 9.71. The third-order valence-electron chi connectivity index (χ3n) is 4.94. The Hall–Kier alpha value is -1.37. The number of hydrogen-bond donors (Lipinski definition) is 1. The van der Waals surface area contributed by atoms with Crippen molar-refractivity contribution in [2.24, 2.45) is 0 Å². The summed E-state index contributed by atoms with van der Waals surface area (Å²) in [5, 5.41) is 0. The molecule has 2 aromatic rings. The van der Waals surface area contributed by atoms with Crippen molar-refractivity contribution in [2.45, 2.75) is 49.9 Å². The molecule has 0 bridgehead atoms. The highest BCUT2D eigenvalue weighted by atomic mass is 32.1. The monoisotopic (exact) mass is 387 g/mol. The fourth-order valence-electron chi connectivity index (χ4n) is 3.54. The molecule has 0 saturated carbocycles. The van der Waals surface area contributed by atoms with Crippen LogP contribution in [0.3, 0.4) is 0 Å². The average molecular weight is 388 g/mol. The maximum absolute atomic E-state index is 6.31. The Bertz CT molecular complexity index is 627. The van der Waals surface area contributed by atoms with Crippen LogP contribution in [0.2, 0.25) is 0 Å². The second-order valence-corrected chi connectivity index (χ2v) is 7.72. The van der Waals surface area contributed by atoms with Gasteiger partial charge in [-0.25, -0.2) is 0 Å². The van der Waals surface area contributed by atoms with Gasteiger partial charge in [0.25, 0.3) is 0 Å². The molecular formula is C22H29NO3S. The number of hydrogen-bond acceptors (Lipinski definition) is 5.